The van der Waals surface area contributed by atoms with Crippen LogP contribution in [0.4, 0.5) is 0 Å². The number of methoxy groups -OCH3 is 1. The number of ether oxygens (including phenoxy) is 2. The maximum Gasteiger partial charge on any atom is 0.310 e. The molecule has 1 aliphatic rings. The topological polar surface area (TPSA) is 81.9 Å². The number of hydrogen-bond acceptors (Lipinski definition) is 6. The van der Waals surface area contributed by atoms with Crippen LogP contribution >= 0.6 is 0 Å². The predicted octanol–water partition coefficient (Wildman–Crippen LogP) is 3.92. The number of nitrogens with zero attached hydrogens (tertiary/aromatic N) is 2. The van der Waals surface area contributed by atoms with E-state index in [2.05, 4.69) is 4.98 Å². The third-order valence-electron chi connectivity index (χ3n) is 5.28. The maximum atomic E-state index is 13.0. The van der Waals surface area contributed by atoms with Gasteiger partial charge >= 0.3 is 5.97 Å². The van der Waals surface area contributed by atoms with Gasteiger partial charge in [0.25, 0.3) is 5.91 Å². The number of esters is 1. The summed E-state index contributed by atoms with van der Waals surface area (Å²) >= 11 is 0. The Labute approximate surface area is 174 Å². The zero-order chi connectivity index (χ0) is 21.1. The smallest absolute Gasteiger partial charge is 0.310 e. The molecule has 0 radical (unpaired) electrons. The first-order chi connectivity index (χ1) is 14.6. The normalized spacial score (nSPS) is 16.5. The maximum absolute atomic E-state index is 13.0. The number of fused-ring (bicyclic) bond motifs is 1. The summed E-state index contributed by atoms with van der Waals surface area (Å²) in [6.45, 7) is 3.14. The van der Waals surface area contributed by atoms with E-state index in [1.807, 2.05) is 24.3 Å². The van der Waals surface area contributed by atoms with E-state index in [0.717, 1.165) is 18.4 Å². The molecule has 0 saturated carbocycles. The summed E-state index contributed by atoms with van der Waals surface area (Å²) in [7, 11) is 1.61. The van der Waals surface area contributed by atoms with Gasteiger partial charge in [-0.05, 0) is 56.2 Å². The van der Waals surface area contributed by atoms with Gasteiger partial charge in [-0.3, -0.25) is 9.59 Å². The lowest BCUT2D eigenvalue weighted by Crippen LogP contribution is -2.42. The highest BCUT2D eigenvalue weighted by atomic mass is 16.5. The number of aromatic nitrogens is 1. The van der Waals surface area contributed by atoms with Gasteiger partial charge in [0.2, 0.25) is 5.89 Å². The molecule has 0 spiro atoms. The van der Waals surface area contributed by atoms with E-state index in [1.54, 1.807) is 37.1 Å². The van der Waals surface area contributed by atoms with E-state index in [4.69, 9.17) is 13.9 Å². The van der Waals surface area contributed by atoms with Gasteiger partial charge < -0.3 is 18.8 Å². The van der Waals surface area contributed by atoms with Crippen molar-refractivity contribution in [2.45, 2.75) is 19.8 Å². The second-order valence-corrected chi connectivity index (χ2v) is 7.28. The Hall–Kier alpha value is -3.35. The van der Waals surface area contributed by atoms with Gasteiger partial charge in [0.05, 0.1) is 19.6 Å². The Morgan fingerprint density at radius 3 is 2.90 bits per heavy atom. The number of carbonyl (C=O) groups is 2. The van der Waals surface area contributed by atoms with Crippen LogP contribution in [-0.2, 0) is 9.53 Å². The summed E-state index contributed by atoms with van der Waals surface area (Å²) in [5.74, 6) is 0.561. The van der Waals surface area contributed by atoms with Gasteiger partial charge in [-0.25, -0.2) is 4.98 Å². The molecule has 0 unspecified atom stereocenters. The number of rotatable bonds is 5. The molecule has 1 atom stereocenters. The van der Waals surface area contributed by atoms with Crippen LogP contribution in [-0.4, -0.2) is 48.6 Å². The van der Waals surface area contributed by atoms with Gasteiger partial charge in [-0.2, -0.15) is 0 Å². The quantitative estimate of drug-likeness (QED) is 0.595. The molecule has 1 fully saturated rings. The third-order valence-corrected chi connectivity index (χ3v) is 5.28. The number of piperidine rings is 1. The fourth-order valence-electron chi connectivity index (χ4n) is 3.73. The molecule has 0 bridgehead atoms. The summed E-state index contributed by atoms with van der Waals surface area (Å²) in [4.78, 5) is 31.3. The highest BCUT2D eigenvalue weighted by molar-refractivity contribution is 5.97. The van der Waals surface area contributed by atoms with Gasteiger partial charge in [0.1, 0.15) is 11.3 Å². The lowest BCUT2D eigenvalue weighted by Gasteiger charge is -2.31. The lowest BCUT2D eigenvalue weighted by molar-refractivity contribution is -0.149. The Morgan fingerprint density at radius 2 is 2.10 bits per heavy atom. The van der Waals surface area contributed by atoms with E-state index < -0.39 is 0 Å². The minimum Gasteiger partial charge on any atom is -0.497 e. The van der Waals surface area contributed by atoms with Crippen LogP contribution < -0.4 is 4.74 Å². The average Bonchev–Trinajstić information content (AvgIpc) is 3.22. The van der Waals surface area contributed by atoms with Crippen molar-refractivity contribution >= 4 is 23.0 Å². The second kappa shape index (κ2) is 8.57. The highest BCUT2D eigenvalue weighted by Crippen LogP contribution is 2.28. The molecule has 7 nitrogen and oxygen atoms in total. The van der Waals surface area contributed by atoms with Crippen LogP contribution in [0.2, 0.25) is 0 Å². The number of hydrogen-bond donors (Lipinski definition) is 0. The molecule has 1 aromatic heterocycles. The molecule has 1 aliphatic heterocycles. The van der Waals surface area contributed by atoms with Crippen molar-refractivity contribution in [3.05, 3.63) is 48.0 Å². The molecular weight excluding hydrogens is 384 g/mol. The van der Waals surface area contributed by atoms with E-state index in [9.17, 15) is 9.59 Å². The fourth-order valence-corrected chi connectivity index (χ4v) is 3.73. The summed E-state index contributed by atoms with van der Waals surface area (Å²) in [5, 5.41) is 0. The number of benzene rings is 2. The molecule has 0 aliphatic carbocycles. The molecule has 2 heterocycles. The number of amides is 1. The molecule has 1 amide bonds. The van der Waals surface area contributed by atoms with Crippen molar-refractivity contribution in [3.63, 3.8) is 0 Å². The summed E-state index contributed by atoms with van der Waals surface area (Å²) < 4.78 is 16.3. The molecule has 4 rings (SSSR count). The number of oxazole rings is 1. The predicted molar refractivity (Wildman–Crippen MR) is 111 cm³/mol. The SMILES string of the molecule is CCOC(=O)[C@H]1CCCN(C(=O)c2ccc3nc(-c4cccc(OC)c4)oc3c2)C1. The van der Waals surface area contributed by atoms with E-state index in [0.29, 0.717) is 48.0 Å². The molecule has 0 N–H and O–H groups in total. The van der Waals surface area contributed by atoms with Crippen molar-refractivity contribution in [3.8, 4) is 17.2 Å². The number of likely N-dealkylation sites (tertiary alicyclic amines) is 1. The summed E-state index contributed by atoms with van der Waals surface area (Å²) in [5.41, 5.74) is 2.53. The molecule has 1 saturated heterocycles. The van der Waals surface area contributed by atoms with Gasteiger partial charge in [-0.1, -0.05) is 6.07 Å². The highest BCUT2D eigenvalue weighted by Gasteiger charge is 2.30. The van der Waals surface area contributed by atoms with Crippen molar-refractivity contribution in [1.29, 1.82) is 0 Å². The Kier molecular flexibility index (Phi) is 5.70. The van der Waals surface area contributed by atoms with Crippen LogP contribution in [0, 0.1) is 5.92 Å². The monoisotopic (exact) mass is 408 g/mol. The summed E-state index contributed by atoms with van der Waals surface area (Å²) in [6, 6.07) is 12.7. The van der Waals surface area contributed by atoms with Gasteiger partial charge in [0.15, 0.2) is 5.58 Å². The zero-order valence-electron chi connectivity index (χ0n) is 17.1. The summed E-state index contributed by atoms with van der Waals surface area (Å²) in [6.07, 6.45) is 1.52. The molecule has 3 aromatic rings. The van der Waals surface area contributed by atoms with Gasteiger partial charge in [-0.15, -0.1) is 0 Å². The van der Waals surface area contributed by atoms with Crippen LogP contribution in [0.25, 0.3) is 22.6 Å². The standard InChI is InChI=1S/C23H24N2O5/c1-3-29-23(27)17-7-5-11-25(14-17)22(26)16-9-10-19-20(13-16)30-21(24-19)15-6-4-8-18(12-15)28-2/h4,6,8-10,12-13,17H,3,5,7,11,14H2,1-2H3/t17-/m0/s1. The molecule has 156 valence electrons. The average molecular weight is 408 g/mol. The molecule has 2 aromatic carbocycles. The Morgan fingerprint density at radius 1 is 1.23 bits per heavy atom. The van der Waals surface area contributed by atoms with Crippen LogP contribution in [0.15, 0.2) is 46.9 Å². The molecule has 30 heavy (non-hydrogen) atoms. The number of carbonyl (C=O) groups excluding carboxylic acids is 2. The molecular formula is C23H24N2O5. The van der Waals surface area contributed by atoms with E-state index in [-0.39, 0.29) is 17.8 Å². The van der Waals surface area contributed by atoms with E-state index in [1.165, 1.54) is 0 Å². The van der Waals surface area contributed by atoms with E-state index >= 15 is 0 Å². The Bertz CT molecular complexity index is 1070. The van der Waals surface area contributed by atoms with Gasteiger partial charge in [0, 0.05) is 24.2 Å². The minimum atomic E-state index is -0.267. The first kappa shape index (κ1) is 19.9. The van der Waals surface area contributed by atoms with Crippen molar-refractivity contribution in [1.82, 2.24) is 9.88 Å². The van der Waals surface area contributed by atoms with Crippen molar-refractivity contribution < 1.29 is 23.5 Å². The zero-order valence-corrected chi connectivity index (χ0v) is 17.1. The minimum absolute atomic E-state index is 0.120. The van der Waals surface area contributed by atoms with Crippen molar-refractivity contribution in [2.75, 3.05) is 26.8 Å². The van der Waals surface area contributed by atoms with Crippen LogP contribution in [0.3, 0.4) is 0 Å². The van der Waals surface area contributed by atoms with Crippen LogP contribution in [0.1, 0.15) is 30.1 Å². The largest absolute Gasteiger partial charge is 0.497 e. The first-order valence-electron chi connectivity index (χ1n) is 10.1. The fraction of sp³-hybridized carbons (Fsp3) is 0.348. The lowest BCUT2D eigenvalue weighted by atomic mass is 9.97. The first-order valence-corrected chi connectivity index (χ1v) is 10.1. The van der Waals surface area contributed by atoms with Crippen LogP contribution in [0.5, 0.6) is 5.75 Å². The molecule has 7 heteroatoms. The second-order valence-electron chi connectivity index (χ2n) is 7.28. The van der Waals surface area contributed by atoms with Crippen molar-refractivity contribution in [2.24, 2.45) is 5.92 Å². The Balaban J connectivity index is 1.55. The third kappa shape index (κ3) is 4.01.